The fourth-order valence-corrected chi connectivity index (χ4v) is 13.2. The number of piperidine rings is 1. The van der Waals surface area contributed by atoms with Crippen LogP contribution in [0, 0.1) is 17.8 Å². The number of likely N-dealkylation sites (tertiary alicyclic amines) is 1. The number of hydrogen-bond acceptors (Lipinski definition) is 3. The lowest BCUT2D eigenvalue weighted by Crippen LogP contribution is -2.47. The van der Waals surface area contributed by atoms with Gasteiger partial charge in [-0.3, -0.25) is 9.69 Å². The summed E-state index contributed by atoms with van der Waals surface area (Å²) in [5.41, 5.74) is 3.98. The number of aliphatic carboxylic acids is 1. The van der Waals surface area contributed by atoms with Crippen molar-refractivity contribution in [1.82, 2.24) is 4.90 Å². The van der Waals surface area contributed by atoms with Gasteiger partial charge in [-0.2, -0.15) is 13.2 Å². The van der Waals surface area contributed by atoms with E-state index in [9.17, 15) is 23.1 Å². The fourth-order valence-electron chi connectivity index (χ4n) is 7.82. The number of carboxylic acid groups (broad SMARTS) is 1. The lowest BCUT2D eigenvalue weighted by molar-refractivity contribution is -0.144. The summed E-state index contributed by atoms with van der Waals surface area (Å²) in [5, 5.41) is 9.78. The van der Waals surface area contributed by atoms with Crippen LogP contribution >= 0.6 is 0 Å². The Morgan fingerprint density at radius 3 is 1.91 bits per heavy atom. The highest BCUT2D eigenvalue weighted by atomic mass is 28.4. The van der Waals surface area contributed by atoms with E-state index in [4.69, 9.17) is 4.43 Å². The summed E-state index contributed by atoms with van der Waals surface area (Å²) in [4.78, 5) is 14.3. The predicted octanol–water partition coefficient (Wildman–Crippen LogP) is 11.0. The normalized spacial score (nSPS) is 19.9. The molecule has 2 aromatic rings. The minimum absolute atomic E-state index is 0.0522. The predicted molar refractivity (Wildman–Crippen MR) is 180 cm³/mol. The van der Waals surface area contributed by atoms with Gasteiger partial charge < -0.3 is 9.53 Å². The molecule has 1 heterocycles. The molecule has 4 atom stereocenters. The summed E-state index contributed by atoms with van der Waals surface area (Å²) in [5.74, 6) is -0.900. The van der Waals surface area contributed by atoms with Gasteiger partial charge in [0.15, 0.2) is 0 Å². The van der Waals surface area contributed by atoms with Crippen LogP contribution in [0.5, 0.6) is 0 Å². The van der Waals surface area contributed by atoms with Crippen LogP contribution in [0.3, 0.4) is 0 Å². The molecule has 0 bridgehead atoms. The number of benzene rings is 2. The number of nitrogens with zero attached hydrogens (tertiary/aromatic N) is 1. The molecular weight excluding hydrogens is 591 g/mol. The zero-order chi connectivity index (χ0) is 33.7. The van der Waals surface area contributed by atoms with E-state index in [1.54, 1.807) is 19.1 Å². The first-order chi connectivity index (χ1) is 21.0. The molecule has 0 aliphatic carbocycles. The van der Waals surface area contributed by atoms with E-state index < -0.39 is 31.9 Å². The van der Waals surface area contributed by atoms with E-state index in [1.165, 1.54) is 5.56 Å². The van der Waals surface area contributed by atoms with Gasteiger partial charge in [0.25, 0.3) is 0 Å². The third kappa shape index (κ3) is 9.01. The van der Waals surface area contributed by atoms with Crippen LogP contribution in [0.1, 0.15) is 122 Å². The van der Waals surface area contributed by atoms with Crippen molar-refractivity contribution < 1.29 is 27.5 Å². The van der Waals surface area contributed by atoms with Crippen molar-refractivity contribution >= 4 is 14.3 Å². The lowest BCUT2D eigenvalue weighted by atomic mass is 9.78. The lowest BCUT2D eigenvalue weighted by Gasteiger charge is -2.45. The summed E-state index contributed by atoms with van der Waals surface area (Å²) in [6, 6.07) is 14.1. The summed E-state index contributed by atoms with van der Waals surface area (Å²) in [6.07, 6.45) is -1.16. The van der Waals surface area contributed by atoms with Crippen molar-refractivity contribution in [3.8, 4) is 0 Å². The summed E-state index contributed by atoms with van der Waals surface area (Å²) in [6.45, 7) is 21.2. The minimum Gasteiger partial charge on any atom is -0.481 e. The number of halogens is 3. The van der Waals surface area contributed by atoms with Crippen LogP contribution in [0.2, 0.25) is 16.6 Å². The second-order valence-corrected chi connectivity index (χ2v) is 20.1. The molecule has 2 aromatic carbocycles. The Balaban J connectivity index is 1.96. The maximum atomic E-state index is 13.4. The molecule has 0 radical (unpaired) electrons. The van der Waals surface area contributed by atoms with E-state index in [0.717, 1.165) is 42.5 Å². The van der Waals surface area contributed by atoms with E-state index in [1.807, 2.05) is 0 Å². The Labute approximate surface area is 270 Å². The monoisotopic (exact) mass is 647 g/mol. The Morgan fingerprint density at radius 2 is 1.44 bits per heavy atom. The Hall–Kier alpha value is -2.16. The molecule has 0 saturated carbocycles. The highest BCUT2D eigenvalue weighted by Gasteiger charge is 2.45. The van der Waals surface area contributed by atoms with Gasteiger partial charge in [-0.05, 0) is 89.5 Å². The summed E-state index contributed by atoms with van der Waals surface area (Å²) >= 11 is 0. The minimum atomic E-state index is -4.40. The maximum Gasteiger partial charge on any atom is 0.416 e. The Bertz CT molecular complexity index is 1190. The first kappa shape index (κ1) is 37.3. The molecule has 45 heavy (non-hydrogen) atoms. The third-order valence-electron chi connectivity index (χ3n) is 10.4. The Morgan fingerprint density at radius 1 is 0.889 bits per heavy atom. The standard InChI is InChI=1S/C37H56F3NO3Si/c1-24(2)10-19-34(30-13-11-29(12-14-30)23-44-45(25(3)4,26(5)6)27(7)8)41-21-20-32(28(9)36(42)43)22-35(41)31-15-17-33(18-16-31)37(38,39)40/h11-18,24-28,32,34-35H,10,19-23H2,1-9H3,(H,42,43)/t28?,32-,34+,35-/m0/s1. The molecule has 1 unspecified atom stereocenters. The second kappa shape index (κ2) is 15.6. The average Bonchev–Trinajstić information content (AvgIpc) is 2.96. The van der Waals surface area contributed by atoms with Crippen molar-refractivity contribution in [3.05, 3.63) is 70.8 Å². The molecule has 1 N–H and O–H groups in total. The average molecular weight is 648 g/mol. The Kier molecular flexibility index (Phi) is 12.9. The smallest absolute Gasteiger partial charge is 0.416 e. The number of alkyl halides is 3. The van der Waals surface area contributed by atoms with Crippen molar-refractivity contribution in [2.75, 3.05) is 6.54 Å². The number of rotatable bonds is 14. The highest BCUT2D eigenvalue weighted by Crippen LogP contribution is 2.45. The summed E-state index contributed by atoms with van der Waals surface area (Å²) in [7, 11) is -2.00. The van der Waals surface area contributed by atoms with Gasteiger partial charge in [0.2, 0.25) is 8.32 Å². The second-order valence-electron chi connectivity index (χ2n) is 14.6. The van der Waals surface area contributed by atoms with Crippen LogP contribution in [0.4, 0.5) is 13.2 Å². The molecule has 0 amide bonds. The van der Waals surface area contributed by atoms with Crippen LogP contribution in [0.25, 0.3) is 0 Å². The molecule has 1 saturated heterocycles. The van der Waals surface area contributed by atoms with Crippen molar-refractivity contribution in [1.29, 1.82) is 0 Å². The van der Waals surface area contributed by atoms with Crippen molar-refractivity contribution in [2.45, 2.75) is 129 Å². The van der Waals surface area contributed by atoms with Gasteiger partial charge in [0.05, 0.1) is 18.1 Å². The molecular formula is C37H56F3NO3Si. The van der Waals surface area contributed by atoms with Gasteiger partial charge in [-0.15, -0.1) is 0 Å². The van der Waals surface area contributed by atoms with Gasteiger partial charge in [0.1, 0.15) is 0 Å². The number of carbonyl (C=O) groups is 1. The molecule has 0 aromatic heterocycles. The van der Waals surface area contributed by atoms with Crippen LogP contribution in [-0.2, 0) is 22.0 Å². The van der Waals surface area contributed by atoms with Gasteiger partial charge in [0, 0.05) is 12.1 Å². The van der Waals surface area contributed by atoms with Crippen LogP contribution in [0.15, 0.2) is 48.5 Å². The zero-order valence-corrected chi connectivity index (χ0v) is 29.8. The molecule has 4 nitrogen and oxygen atoms in total. The van der Waals surface area contributed by atoms with Gasteiger partial charge in [-0.1, -0.05) is 98.7 Å². The first-order valence-corrected chi connectivity index (χ1v) is 19.0. The van der Waals surface area contributed by atoms with E-state index in [0.29, 0.717) is 42.1 Å². The maximum absolute atomic E-state index is 13.4. The molecule has 0 spiro atoms. The highest BCUT2D eigenvalue weighted by molar-refractivity contribution is 6.77. The number of carboxylic acids is 1. The third-order valence-corrected chi connectivity index (χ3v) is 16.4. The van der Waals surface area contributed by atoms with E-state index >= 15 is 0 Å². The SMILES string of the molecule is CC(C)CC[C@H](c1ccc(CO[Si](C(C)C)(C(C)C)C(C)C)cc1)N1CC[C@H](C(C)C(=O)O)C[C@H]1c1ccc(C(F)(F)F)cc1. The largest absolute Gasteiger partial charge is 0.481 e. The molecule has 3 rings (SSSR count). The molecule has 8 heteroatoms. The molecule has 252 valence electrons. The topological polar surface area (TPSA) is 49.8 Å². The van der Waals surface area contributed by atoms with E-state index in [2.05, 4.69) is 84.6 Å². The first-order valence-electron chi connectivity index (χ1n) is 16.9. The van der Waals surface area contributed by atoms with Crippen molar-refractivity contribution in [2.24, 2.45) is 17.8 Å². The molecule has 1 aliphatic heterocycles. The van der Waals surface area contributed by atoms with E-state index in [-0.39, 0.29) is 18.0 Å². The fraction of sp³-hybridized carbons (Fsp3) is 0.649. The van der Waals surface area contributed by atoms with Crippen LogP contribution in [-0.4, -0.2) is 30.8 Å². The summed E-state index contributed by atoms with van der Waals surface area (Å²) < 4.78 is 47.1. The van der Waals surface area contributed by atoms with Gasteiger partial charge in [-0.25, -0.2) is 0 Å². The zero-order valence-electron chi connectivity index (χ0n) is 28.8. The quantitative estimate of drug-likeness (QED) is 0.207. The van der Waals surface area contributed by atoms with Crippen molar-refractivity contribution in [3.63, 3.8) is 0 Å². The molecule has 1 fully saturated rings. The number of hydrogen-bond donors (Lipinski definition) is 1. The molecule has 1 aliphatic rings. The van der Waals surface area contributed by atoms with Crippen LogP contribution < -0.4 is 0 Å². The van der Waals surface area contributed by atoms with Gasteiger partial charge >= 0.3 is 12.1 Å².